The maximum Gasteiger partial charge on any atom is 0.260 e. The Morgan fingerprint density at radius 3 is 2.39 bits per heavy atom. The van der Waals surface area contributed by atoms with Crippen LogP contribution in [0.2, 0.25) is 0 Å². The number of nitrogens with one attached hydrogen (secondary N) is 2. The van der Waals surface area contributed by atoms with Crippen molar-refractivity contribution in [3.05, 3.63) is 24.3 Å². The molecular formula is C14H22N2O2. The smallest absolute Gasteiger partial charge is 0.260 e. The standard InChI is InChI=1S/C14H22N2O2/c1-5-10(2)16-14(17)11(3)18-13-8-6-12(15-4)7-9-13/h6-11,15H,5H2,1-4H3,(H,16,17). The summed E-state index contributed by atoms with van der Waals surface area (Å²) in [5, 5.41) is 5.92. The highest BCUT2D eigenvalue weighted by atomic mass is 16.5. The van der Waals surface area contributed by atoms with Crippen molar-refractivity contribution in [2.24, 2.45) is 0 Å². The van der Waals surface area contributed by atoms with E-state index in [1.807, 2.05) is 45.2 Å². The molecule has 0 radical (unpaired) electrons. The molecule has 1 aromatic rings. The van der Waals surface area contributed by atoms with Gasteiger partial charge in [-0.1, -0.05) is 6.92 Å². The van der Waals surface area contributed by atoms with Crippen LogP contribution in [0.15, 0.2) is 24.3 Å². The molecule has 0 spiro atoms. The van der Waals surface area contributed by atoms with Gasteiger partial charge in [0.25, 0.3) is 5.91 Å². The van der Waals surface area contributed by atoms with Crippen LogP contribution >= 0.6 is 0 Å². The van der Waals surface area contributed by atoms with Gasteiger partial charge in [-0.15, -0.1) is 0 Å². The first-order valence-corrected chi connectivity index (χ1v) is 6.31. The molecule has 0 saturated carbocycles. The van der Waals surface area contributed by atoms with Crippen molar-refractivity contribution in [3.63, 3.8) is 0 Å². The fraction of sp³-hybridized carbons (Fsp3) is 0.500. The number of ether oxygens (including phenoxy) is 1. The number of rotatable bonds is 6. The molecule has 0 aliphatic heterocycles. The molecule has 0 aliphatic carbocycles. The van der Waals surface area contributed by atoms with Gasteiger partial charge in [0, 0.05) is 18.8 Å². The Kier molecular flexibility index (Phi) is 5.49. The van der Waals surface area contributed by atoms with Gasteiger partial charge in [-0.3, -0.25) is 4.79 Å². The van der Waals surface area contributed by atoms with Crippen molar-refractivity contribution in [1.29, 1.82) is 0 Å². The first-order valence-electron chi connectivity index (χ1n) is 6.31. The number of carbonyl (C=O) groups is 1. The van der Waals surface area contributed by atoms with E-state index in [9.17, 15) is 4.79 Å². The van der Waals surface area contributed by atoms with E-state index in [-0.39, 0.29) is 11.9 Å². The Morgan fingerprint density at radius 2 is 1.89 bits per heavy atom. The van der Waals surface area contributed by atoms with Gasteiger partial charge < -0.3 is 15.4 Å². The van der Waals surface area contributed by atoms with Gasteiger partial charge in [0.1, 0.15) is 5.75 Å². The summed E-state index contributed by atoms with van der Waals surface area (Å²) in [7, 11) is 1.86. The van der Waals surface area contributed by atoms with Crippen LogP contribution in [0.25, 0.3) is 0 Å². The summed E-state index contributed by atoms with van der Waals surface area (Å²) >= 11 is 0. The number of anilines is 1. The fourth-order valence-corrected chi connectivity index (χ4v) is 1.42. The van der Waals surface area contributed by atoms with Crippen LogP contribution in [0, 0.1) is 0 Å². The van der Waals surface area contributed by atoms with Gasteiger partial charge in [-0.05, 0) is 44.5 Å². The molecule has 18 heavy (non-hydrogen) atoms. The second-order valence-electron chi connectivity index (χ2n) is 4.35. The number of carbonyl (C=O) groups excluding carboxylic acids is 1. The van der Waals surface area contributed by atoms with Gasteiger partial charge >= 0.3 is 0 Å². The molecule has 0 bridgehead atoms. The Labute approximate surface area is 109 Å². The third kappa shape index (κ3) is 4.28. The van der Waals surface area contributed by atoms with Crippen LogP contribution in [0.4, 0.5) is 5.69 Å². The summed E-state index contributed by atoms with van der Waals surface area (Å²) in [6, 6.07) is 7.69. The summed E-state index contributed by atoms with van der Waals surface area (Å²) in [5.41, 5.74) is 1.01. The first kappa shape index (κ1) is 14.4. The maximum absolute atomic E-state index is 11.8. The second kappa shape index (κ2) is 6.89. The third-order valence-corrected chi connectivity index (χ3v) is 2.83. The predicted molar refractivity (Wildman–Crippen MR) is 74.0 cm³/mol. The zero-order chi connectivity index (χ0) is 13.5. The molecule has 0 aliphatic rings. The van der Waals surface area contributed by atoms with E-state index in [0.717, 1.165) is 12.1 Å². The van der Waals surface area contributed by atoms with E-state index in [0.29, 0.717) is 5.75 Å². The molecule has 2 N–H and O–H groups in total. The van der Waals surface area contributed by atoms with Crippen molar-refractivity contribution >= 4 is 11.6 Å². The summed E-state index contributed by atoms with van der Waals surface area (Å²) < 4.78 is 5.58. The molecule has 0 saturated heterocycles. The van der Waals surface area contributed by atoms with Gasteiger partial charge in [-0.2, -0.15) is 0 Å². The molecule has 0 aromatic heterocycles. The average molecular weight is 250 g/mol. The molecule has 100 valence electrons. The van der Waals surface area contributed by atoms with Crippen molar-refractivity contribution in [3.8, 4) is 5.75 Å². The van der Waals surface area contributed by atoms with Crippen molar-refractivity contribution in [1.82, 2.24) is 5.32 Å². The van der Waals surface area contributed by atoms with Crippen LogP contribution in [0.1, 0.15) is 27.2 Å². The number of benzene rings is 1. The Bertz CT molecular complexity index is 376. The lowest BCUT2D eigenvalue weighted by molar-refractivity contribution is -0.127. The summed E-state index contributed by atoms with van der Waals surface area (Å²) in [6.07, 6.45) is 0.425. The zero-order valence-corrected chi connectivity index (χ0v) is 11.5. The Morgan fingerprint density at radius 1 is 1.28 bits per heavy atom. The highest BCUT2D eigenvalue weighted by Crippen LogP contribution is 2.16. The SMILES string of the molecule is CCC(C)NC(=O)C(C)Oc1ccc(NC)cc1. The van der Waals surface area contributed by atoms with E-state index < -0.39 is 6.10 Å². The van der Waals surface area contributed by atoms with E-state index in [1.165, 1.54) is 0 Å². The molecule has 4 heteroatoms. The fourth-order valence-electron chi connectivity index (χ4n) is 1.42. The second-order valence-corrected chi connectivity index (χ2v) is 4.35. The minimum Gasteiger partial charge on any atom is -0.481 e. The molecule has 2 atom stereocenters. The summed E-state index contributed by atoms with van der Waals surface area (Å²) in [4.78, 5) is 11.8. The van der Waals surface area contributed by atoms with Crippen LogP contribution in [-0.2, 0) is 4.79 Å². The Balaban J connectivity index is 2.52. The minimum atomic E-state index is -0.487. The average Bonchev–Trinajstić information content (AvgIpc) is 2.39. The predicted octanol–water partition coefficient (Wildman–Crippen LogP) is 2.41. The maximum atomic E-state index is 11.8. The lowest BCUT2D eigenvalue weighted by Crippen LogP contribution is -2.40. The van der Waals surface area contributed by atoms with Crippen molar-refractivity contribution in [2.45, 2.75) is 39.3 Å². The number of hydrogen-bond donors (Lipinski definition) is 2. The van der Waals surface area contributed by atoms with Gasteiger partial charge in [0.05, 0.1) is 0 Å². The van der Waals surface area contributed by atoms with Crippen LogP contribution in [-0.4, -0.2) is 25.1 Å². The largest absolute Gasteiger partial charge is 0.481 e. The molecule has 2 unspecified atom stereocenters. The molecule has 1 rings (SSSR count). The van der Waals surface area contributed by atoms with Crippen molar-refractivity contribution < 1.29 is 9.53 Å². The highest BCUT2D eigenvalue weighted by Gasteiger charge is 2.15. The molecule has 1 amide bonds. The molecule has 4 nitrogen and oxygen atoms in total. The number of hydrogen-bond acceptors (Lipinski definition) is 3. The van der Waals surface area contributed by atoms with Gasteiger partial charge in [0.2, 0.25) is 0 Å². The molecule has 0 heterocycles. The van der Waals surface area contributed by atoms with E-state index >= 15 is 0 Å². The number of amides is 1. The quantitative estimate of drug-likeness (QED) is 0.815. The van der Waals surface area contributed by atoms with Crippen LogP contribution in [0.5, 0.6) is 5.75 Å². The third-order valence-electron chi connectivity index (χ3n) is 2.83. The highest BCUT2D eigenvalue weighted by molar-refractivity contribution is 5.80. The molecule has 1 aromatic carbocycles. The monoisotopic (exact) mass is 250 g/mol. The van der Waals surface area contributed by atoms with E-state index in [2.05, 4.69) is 10.6 Å². The topological polar surface area (TPSA) is 50.4 Å². The Hall–Kier alpha value is -1.71. The summed E-state index contributed by atoms with van der Waals surface area (Å²) in [5.74, 6) is 0.614. The van der Waals surface area contributed by atoms with Crippen molar-refractivity contribution in [2.75, 3.05) is 12.4 Å². The lowest BCUT2D eigenvalue weighted by Gasteiger charge is -2.17. The van der Waals surface area contributed by atoms with Gasteiger partial charge in [-0.25, -0.2) is 0 Å². The molecule has 0 fully saturated rings. The zero-order valence-electron chi connectivity index (χ0n) is 11.5. The lowest BCUT2D eigenvalue weighted by atomic mass is 10.2. The normalized spacial score (nSPS) is 13.6. The van der Waals surface area contributed by atoms with Crippen LogP contribution in [0.3, 0.4) is 0 Å². The van der Waals surface area contributed by atoms with E-state index in [4.69, 9.17) is 4.74 Å². The minimum absolute atomic E-state index is 0.0814. The van der Waals surface area contributed by atoms with Crippen LogP contribution < -0.4 is 15.4 Å². The van der Waals surface area contributed by atoms with E-state index in [1.54, 1.807) is 6.92 Å². The molecular weight excluding hydrogens is 228 g/mol. The summed E-state index contributed by atoms with van der Waals surface area (Å²) in [6.45, 7) is 5.77. The first-order chi connectivity index (χ1) is 8.56. The van der Waals surface area contributed by atoms with Gasteiger partial charge in [0.15, 0.2) is 6.10 Å².